The summed E-state index contributed by atoms with van der Waals surface area (Å²) in [6.45, 7) is 13.5. The van der Waals surface area contributed by atoms with E-state index in [4.69, 9.17) is 4.74 Å². The van der Waals surface area contributed by atoms with Crippen LogP contribution in [0.2, 0.25) is 0 Å². The molecule has 3 nitrogen and oxygen atoms in total. The summed E-state index contributed by atoms with van der Waals surface area (Å²) in [4.78, 5) is 11.8. The molecular formula is C19H27NO2. The average Bonchev–Trinajstić information content (AvgIpc) is 2.33. The van der Waals surface area contributed by atoms with Gasteiger partial charge < -0.3 is 10.1 Å². The molecule has 0 saturated heterocycles. The minimum absolute atomic E-state index is 0.456. The number of benzene rings is 1. The molecule has 1 N–H and O–H groups in total. The van der Waals surface area contributed by atoms with E-state index in [1.165, 1.54) is 5.56 Å². The summed E-state index contributed by atoms with van der Waals surface area (Å²) < 4.78 is 5.26. The quantitative estimate of drug-likeness (QED) is 0.819. The number of carbonyl (C=O) groups is 1. The van der Waals surface area contributed by atoms with E-state index in [1.807, 2.05) is 46.8 Å². The summed E-state index contributed by atoms with van der Waals surface area (Å²) in [6, 6.07) is 8.16. The molecule has 0 aliphatic heterocycles. The molecule has 1 amide bonds. The van der Waals surface area contributed by atoms with Crippen molar-refractivity contribution in [1.82, 2.24) is 5.32 Å². The fraction of sp³-hybridized carbons (Fsp3) is 0.526. The van der Waals surface area contributed by atoms with E-state index >= 15 is 0 Å². The van der Waals surface area contributed by atoms with Crippen LogP contribution in [-0.4, -0.2) is 17.2 Å². The van der Waals surface area contributed by atoms with Gasteiger partial charge >= 0.3 is 6.09 Å². The van der Waals surface area contributed by atoms with Gasteiger partial charge in [0.2, 0.25) is 0 Å². The fourth-order valence-electron chi connectivity index (χ4n) is 1.79. The van der Waals surface area contributed by atoms with Crippen molar-refractivity contribution in [3.63, 3.8) is 0 Å². The Hall–Kier alpha value is -1.95. The molecule has 1 aromatic rings. The molecular weight excluding hydrogens is 274 g/mol. The number of hydrogen-bond acceptors (Lipinski definition) is 2. The summed E-state index contributed by atoms with van der Waals surface area (Å²) >= 11 is 0. The molecule has 0 atom stereocenters. The molecule has 0 spiro atoms. The number of alkyl carbamates (subject to hydrolysis) is 1. The molecule has 1 rings (SSSR count). The second kappa shape index (κ2) is 6.87. The summed E-state index contributed by atoms with van der Waals surface area (Å²) in [5.41, 5.74) is 1.03. The van der Waals surface area contributed by atoms with Crippen LogP contribution in [0.5, 0.6) is 0 Å². The van der Waals surface area contributed by atoms with Gasteiger partial charge in [-0.3, -0.25) is 0 Å². The van der Waals surface area contributed by atoms with Crippen LogP contribution in [0.25, 0.3) is 0 Å². The van der Waals surface area contributed by atoms with Gasteiger partial charge in [-0.05, 0) is 58.2 Å². The van der Waals surface area contributed by atoms with Crippen LogP contribution in [0.1, 0.15) is 65.5 Å². The highest BCUT2D eigenvalue weighted by molar-refractivity contribution is 5.69. The van der Waals surface area contributed by atoms with E-state index in [0.717, 1.165) is 5.56 Å². The number of ether oxygens (including phenoxy) is 1. The lowest BCUT2D eigenvalue weighted by molar-refractivity contribution is 0.0494. The SMILES string of the molecule is CC(C)c1cccc(C#CC(C)(C)NC(=O)OC(C)(C)C)c1. The molecule has 0 bridgehead atoms. The Morgan fingerprint density at radius 2 is 1.82 bits per heavy atom. The zero-order valence-electron chi connectivity index (χ0n) is 14.7. The first-order chi connectivity index (χ1) is 9.98. The Morgan fingerprint density at radius 3 is 2.36 bits per heavy atom. The Bertz CT molecular complexity index is 583. The average molecular weight is 301 g/mol. The minimum Gasteiger partial charge on any atom is -0.444 e. The first-order valence-electron chi connectivity index (χ1n) is 7.63. The number of nitrogens with one attached hydrogen (secondary N) is 1. The first kappa shape index (κ1) is 18.1. The van der Waals surface area contributed by atoms with Gasteiger partial charge in [-0.2, -0.15) is 0 Å². The summed E-state index contributed by atoms with van der Waals surface area (Å²) in [5.74, 6) is 6.69. The van der Waals surface area contributed by atoms with Crippen molar-refractivity contribution in [1.29, 1.82) is 0 Å². The van der Waals surface area contributed by atoms with Crippen LogP contribution in [0, 0.1) is 11.8 Å². The minimum atomic E-state index is -0.657. The zero-order valence-corrected chi connectivity index (χ0v) is 14.7. The van der Waals surface area contributed by atoms with E-state index in [2.05, 4.69) is 43.1 Å². The van der Waals surface area contributed by atoms with Crippen LogP contribution in [-0.2, 0) is 4.74 Å². The maximum atomic E-state index is 11.8. The Balaban J connectivity index is 2.81. The maximum absolute atomic E-state index is 11.8. The van der Waals surface area contributed by atoms with Crippen LogP contribution in [0.4, 0.5) is 4.79 Å². The molecule has 3 heteroatoms. The van der Waals surface area contributed by atoms with E-state index in [0.29, 0.717) is 5.92 Å². The van der Waals surface area contributed by atoms with E-state index < -0.39 is 17.2 Å². The third kappa shape index (κ3) is 6.67. The number of amides is 1. The summed E-state index contributed by atoms with van der Waals surface area (Å²) in [5, 5.41) is 2.79. The Morgan fingerprint density at radius 1 is 1.18 bits per heavy atom. The maximum Gasteiger partial charge on any atom is 0.408 e. The molecule has 0 unspecified atom stereocenters. The molecule has 0 aliphatic carbocycles. The first-order valence-corrected chi connectivity index (χ1v) is 7.63. The van der Waals surface area contributed by atoms with E-state index in [1.54, 1.807) is 0 Å². The smallest absolute Gasteiger partial charge is 0.408 e. The van der Waals surface area contributed by atoms with Crippen molar-refractivity contribution in [2.45, 2.75) is 65.5 Å². The lowest BCUT2D eigenvalue weighted by Gasteiger charge is -2.24. The predicted octanol–water partition coefficient (Wildman–Crippen LogP) is 4.46. The van der Waals surface area contributed by atoms with Gasteiger partial charge in [-0.25, -0.2) is 4.79 Å². The monoisotopic (exact) mass is 301 g/mol. The third-order valence-electron chi connectivity index (χ3n) is 2.89. The zero-order chi connectivity index (χ0) is 17.0. The van der Waals surface area contributed by atoms with Gasteiger partial charge in [-0.1, -0.05) is 37.8 Å². The van der Waals surface area contributed by atoms with Crippen molar-refractivity contribution in [2.75, 3.05) is 0 Å². The van der Waals surface area contributed by atoms with Gasteiger partial charge in [-0.15, -0.1) is 0 Å². The fourth-order valence-corrected chi connectivity index (χ4v) is 1.79. The predicted molar refractivity (Wildman–Crippen MR) is 90.9 cm³/mol. The van der Waals surface area contributed by atoms with Gasteiger partial charge in [0.1, 0.15) is 5.60 Å². The Labute approximate surface area is 134 Å². The number of hydrogen-bond donors (Lipinski definition) is 1. The molecule has 120 valence electrons. The highest BCUT2D eigenvalue weighted by Gasteiger charge is 2.22. The van der Waals surface area contributed by atoms with Crippen molar-refractivity contribution in [3.8, 4) is 11.8 Å². The van der Waals surface area contributed by atoms with Crippen LogP contribution in [0.15, 0.2) is 24.3 Å². The molecule has 22 heavy (non-hydrogen) atoms. The lowest BCUT2D eigenvalue weighted by Crippen LogP contribution is -2.44. The van der Waals surface area contributed by atoms with E-state index in [9.17, 15) is 4.79 Å². The van der Waals surface area contributed by atoms with Crippen LogP contribution in [0.3, 0.4) is 0 Å². The van der Waals surface area contributed by atoms with Gasteiger partial charge in [0.25, 0.3) is 0 Å². The van der Waals surface area contributed by atoms with Gasteiger partial charge in [0.15, 0.2) is 0 Å². The topological polar surface area (TPSA) is 38.3 Å². The van der Waals surface area contributed by atoms with Crippen molar-refractivity contribution < 1.29 is 9.53 Å². The molecule has 0 radical (unpaired) electrons. The standard InChI is InChI=1S/C19H27NO2/c1-14(2)16-10-8-9-15(13-16)11-12-19(6,7)20-17(21)22-18(3,4)5/h8-10,13-14H,1-7H3,(H,20,21). The van der Waals surface area contributed by atoms with Crippen LogP contribution < -0.4 is 5.32 Å². The molecule has 0 saturated carbocycles. The molecule has 0 aromatic heterocycles. The van der Waals surface area contributed by atoms with Crippen molar-refractivity contribution >= 4 is 6.09 Å². The number of carbonyl (C=O) groups excluding carboxylic acids is 1. The van der Waals surface area contributed by atoms with E-state index in [-0.39, 0.29) is 0 Å². The summed E-state index contributed by atoms with van der Waals surface area (Å²) in [6.07, 6.45) is -0.456. The normalized spacial score (nSPS) is 11.6. The number of rotatable bonds is 2. The molecule has 1 aromatic carbocycles. The van der Waals surface area contributed by atoms with Gasteiger partial charge in [0.05, 0.1) is 5.54 Å². The molecule has 0 fully saturated rings. The molecule has 0 aliphatic rings. The second-order valence-electron chi connectivity index (χ2n) is 7.28. The van der Waals surface area contributed by atoms with Crippen molar-refractivity contribution in [2.24, 2.45) is 0 Å². The molecule has 0 heterocycles. The highest BCUT2D eigenvalue weighted by atomic mass is 16.6. The lowest BCUT2D eigenvalue weighted by atomic mass is 10.0. The highest BCUT2D eigenvalue weighted by Crippen LogP contribution is 2.15. The summed E-state index contributed by atoms with van der Waals surface area (Å²) in [7, 11) is 0. The van der Waals surface area contributed by atoms with Crippen molar-refractivity contribution in [3.05, 3.63) is 35.4 Å². The Kier molecular flexibility index (Phi) is 5.65. The largest absolute Gasteiger partial charge is 0.444 e. The van der Waals surface area contributed by atoms with Gasteiger partial charge in [0, 0.05) is 5.56 Å². The second-order valence-corrected chi connectivity index (χ2v) is 7.28. The third-order valence-corrected chi connectivity index (χ3v) is 2.89. The van der Waals surface area contributed by atoms with Crippen LogP contribution >= 0.6 is 0 Å².